The zero-order valence-corrected chi connectivity index (χ0v) is 15.0. The Morgan fingerprint density at radius 2 is 1.88 bits per heavy atom. The molecule has 24 heavy (non-hydrogen) atoms. The van der Waals surface area contributed by atoms with Crippen LogP contribution >= 0.6 is 0 Å². The first-order valence-corrected chi connectivity index (χ1v) is 9.29. The molecule has 2 atom stereocenters. The van der Waals surface area contributed by atoms with Gasteiger partial charge < -0.3 is 9.64 Å². The third-order valence-corrected chi connectivity index (χ3v) is 5.90. The van der Waals surface area contributed by atoms with Gasteiger partial charge in [0.1, 0.15) is 0 Å². The molecule has 0 aromatic carbocycles. The number of amides is 1. The zero-order chi connectivity index (χ0) is 16.8. The first kappa shape index (κ1) is 16.1. The minimum Gasteiger partial charge on any atom is -0.369 e. The van der Waals surface area contributed by atoms with Gasteiger partial charge in [-0.25, -0.2) is 0 Å². The molecule has 0 spiro atoms. The normalized spacial score (nSPS) is 28.5. The maximum atomic E-state index is 13.0. The molecule has 0 bridgehead atoms. The lowest BCUT2D eigenvalue weighted by Gasteiger charge is -2.42. The van der Waals surface area contributed by atoms with Crippen molar-refractivity contribution in [2.45, 2.75) is 57.8 Å². The highest BCUT2D eigenvalue weighted by molar-refractivity contribution is 5.94. The number of hydrogen-bond acceptors (Lipinski definition) is 4. The maximum absolute atomic E-state index is 13.0. The van der Waals surface area contributed by atoms with Crippen LogP contribution in [0, 0.1) is 0 Å². The molecular weight excluding hydrogens is 304 g/mol. The first-order chi connectivity index (χ1) is 11.5. The smallest absolute Gasteiger partial charge is 0.274 e. The average Bonchev–Trinajstić information content (AvgIpc) is 2.82. The van der Waals surface area contributed by atoms with Crippen molar-refractivity contribution < 1.29 is 9.53 Å². The van der Waals surface area contributed by atoms with Crippen LogP contribution in [0.4, 0.5) is 0 Å². The molecule has 6 nitrogen and oxygen atoms in total. The van der Waals surface area contributed by atoms with Crippen molar-refractivity contribution in [1.82, 2.24) is 19.6 Å². The molecule has 1 aliphatic carbocycles. The fourth-order valence-electron chi connectivity index (χ4n) is 4.40. The summed E-state index contributed by atoms with van der Waals surface area (Å²) in [5, 5.41) is 4.57. The molecule has 1 saturated carbocycles. The molecular formula is C18H28N4O2. The van der Waals surface area contributed by atoms with Gasteiger partial charge in [0.05, 0.1) is 17.9 Å². The van der Waals surface area contributed by atoms with Gasteiger partial charge in [-0.05, 0) is 26.7 Å². The highest BCUT2D eigenvalue weighted by atomic mass is 16.5. The highest BCUT2D eigenvalue weighted by Gasteiger charge is 2.35. The van der Waals surface area contributed by atoms with Gasteiger partial charge in [0.25, 0.3) is 5.91 Å². The Bertz CT molecular complexity index is 629. The van der Waals surface area contributed by atoms with E-state index in [1.807, 2.05) is 23.6 Å². The van der Waals surface area contributed by atoms with Gasteiger partial charge >= 0.3 is 0 Å². The van der Waals surface area contributed by atoms with Gasteiger partial charge in [0.15, 0.2) is 5.69 Å². The van der Waals surface area contributed by atoms with Gasteiger partial charge in [-0.15, -0.1) is 0 Å². The van der Waals surface area contributed by atoms with Crippen LogP contribution in [0.1, 0.15) is 61.0 Å². The predicted octanol–water partition coefficient (Wildman–Crippen LogP) is 1.75. The predicted molar refractivity (Wildman–Crippen MR) is 91.0 cm³/mol. The van der Waals surface area contributed by atoms with Crippen molar-refractivity contribution in [3.63, 3.8) is 0 Å². The van der Waals surface area contributed by atoms with E-state index in [-0.39, 0.29) is 18.1 Å². The molecule has 0 radical (unpaired) electrons. The monoisotopic (exact) mass is 332 g/mol. The van der Waals surface area contributed by atoms with Crippen molar-refractivity contribution in [1.29, 1.82) is 0 Å². The van der Waals surface area contributed by atoms with E-state index in [1.54, 1.807) is 0 Å². The van der Waals surface area contributed by atoms with Crippen LogP contribution in [0.3, 0.4) is 0 Å². The topological polar surface area (TPSA) is 50.6 Å². The molecule has 2 fully saturated rings. The number of piperazine rings is 1. The van der Waals surface area contributed by atoms with E-state index in [1.165, 1.54) is 19.3 Å². The molecule has 6 heteroatoms. The molecule has 3 aliphatic rings. The minimum atomic E-state index is -0.00161. The van der Waals surface area contributed by atoms with E-state index in [2.05, 4.69) is 16.9 Å². The number of nitrogens with zero attached hydrogens (tertiary/aromatic N) is 4. The van der Waals surface area contributed by atoms with E-state index < -0.39 is 0 Å². The summed E-state index contributed by atoms with van der Waals surface area (Å²) >= 11 is 0. The summed E-state index contributed by atoms with van der Waals surface area (Å²) in [6, 6.07) is 0.767. The average molecular weight is 332 g/mol. The number of carbonyl (C=O) groups is 1. The van der Waals surface area contributed by atoms with Crippen molar-refractivity contribution >= 4 is 5.91 Å². The second-order valence-electron chi connectivity index (χ2n) is 7.54. The molecule has 4 rings (SSSR count). The lowest BCUT2D eigenvalue weighted by molar-refractivity contribution is -0.00910. The Labute approximate surface area is 143 Å². The van der Waals surface area contributed by atoms with Crippen molar-refractivity contribution in [2.24, 2.45) is 7.05 Å². The van der Waals surface area contributed by atoms with Crippen LogP contribution in [0.25, 0.3) is 0 Å². The summed E-state index contributed by atoms with van der Waals surface area (Å²) in [4.78, 5) is 17.6. The number of fused-ring (bicyclic) bond motifs is 1. The molecule has 0 unspecified atom stereocenters. The molecule has 1 amide bonds. The van der Waals surface area contributed by atoms with Crippen LogP contribution in [0.15, 0.2) is 0 Å². The van der Waals surface area contributed by atoms with Crippen LogP contribution in [-0.4, -0.2) is 63.8 Å². The van der Waals surface area contributed by atoms with Gasteiger partial charge in [-0.1, -0.05) is 6.42 Å². The number of aromatic nitrogens is 2. The molecule has 2 aliphatic heterocycles. The fraction of sp³-hybridized carbons (Fsp3) is 0.778. The number of hydrogen-bond donors (Lipinski definition) is 0. The highest BCUT2D eigenvalue weighted by Crippen LogP contribution is 2.32. The van der Waals surface area contributed by atoms with E-state index in [0.717, 1.165) is 49.9 Å². The molecule has 1 saturated heterocycles. The number of ether oxygens (including phenoxy) is 1. The second-order valence-corrected chi connectivity index (χ2v) is 7.54. The molecule has 1 aromatic rings. The summed E-state index contributed by atoms with van der Waals surface area (Å²) in [5.74, 6) is 0.0985. The van der Waals surface area contributed by atoms with Crippen molar-refractivity contribution in [2.75, 3.05) is 26.2 Å². The Hall–Kier alpha value is -1.40. The molecule has 132 valence electrons. The Morgan fingerprint density at radius 1 is 1.17 bits per heavy atom. The van der Waals surface area contributed by atoms with Crippen LogP contribution in [-0.2, 0) is 18.2 Å². The minimum absolute atomic E-state index is 0.00161. The third-order valence-electron chi connectivity index (χ3n) is 5.90. The Kier molecular flexibility index (Phi) is 4.12. The van der Waals surface area contributed by atoms with Gasteiger partial charge in [0.2, 0.25) is 0 Å². The lowest BCUT2D eigenvalue weighted by Crippen LogP contribution is -2.53. The maximum Gasteiger partial charge on any atom is 0.274 e. The van der Waals surface area contributed by atoms with Crippen LogP contribution in [0.5, 0.6) is 0 Å². The quantitative estimate of drug-likeness (QED) is 0.828. The summed E-state index contributed by atoms with van der Waals surface area (Å²) in [5.41, 5.74) is 2.80. The van der Waals surface area contributed by atoms with Crippen LogP contribution in [0.2, 0.25) is 0 Å². The lowest BCUT2D eigenvalue weighted by atomic mass is 9.91. The van der Waals surface area contributed by atoms with E-state index in [9.17, 15) is 4.79 Å². The summed E-state index contributed by atoms with van der Waals surface area (Å²) in [6.45, 7) is 7.76. The van der Waals surface area contributed by atoms with Crippen molar-refractivity contribution in [3.8, 4) is 0 Å². The Balaban J connectivity index is 1.50. The number of carbonyl (C=O) groups excluding carboxylic acids is 1. The largest absolute Gasteiger partial charge is 0.369 e. The molecule has 3 heterocycles. The third kappa shape index (κ3) is 2.65. The van der Waals surface area contributed by atoms with Crippen molar-refractivity contribution in [3.05, 3.63) is 17.0 Å². The van der Waals surface area contributed by atoms with E-state index >= 15 is 0 Å². The van der Waals surface area contributed by atoms with E-state index in [0.29, 0.717) is 5.69 Å². The first-order valence-electron chi connectivity index (χ1n) is 9.29. The summed E-state index contributed by atoms with van der Waals surface area (Å²) in [6.07, 6.45) is 4.94. The summed E-state index contributed by atoms with van der Waals surface area (Å²) < 4.78 is 7.74. The SMILES string of the molecule is C[C@@H]1Cc2c(C(=O)N3CCN(C4CCC4)CC3)nn(C)c2[C@H](C)O1. The summed E-state index contributed by atoms with van der Waals surface area (Å²) in [7, 11) is 1.92. The zero-order valence-electron chi connectivity index (χ0n) is 15.0. The van der Waals surface area contributed by atoms with E-state index in [4.69, 9.17) is 4.74 Å². The number of aryl methyl sites for hydroxylation is 1. The molecule has 0 N–H and O–H groups in total. The number of rotatable bonds is 2. The molecule has 1 aromatic heterocycles. The van der Waals surface area contributed by atoms with Crippen LogP contribution < -0.4 is 0 Å². The van der Waals surface area contributed by atoms with Gasteiger partial charge in [-0.3, -0.25) is 14.4 Å². The fourth-order valence-corrected chi connectivity index (χ4v) is 4.40. The van der Waals surface area contributed by atoms with Gasteiger partial charge in [0, 0.05) is 51.3 Å². The second kappa shape index (κ2) is 6.15. The Morgan fingerprint density at radius 3 is 2.50 bits per heavy atom. The van der Waals surface area contributed by atoms with Gasteiger partial charge in [-0.2, -0.15) is 5.10 Å². The standard InChI is InChI=1S/C18H28N4O2/c1-12-11-15-16(19-20(3)17(15)13(2)24-12)18(23)22-9-7-21(8-10-22)14-5-4-6-14/h12-14H,4-11H2,1-3H3/t12-,13+/m1/s1.